The van der Waals surface area contributed by atoms with Crippen LogP contribution in [0.15, 0.2) is 48.5 Å². The molecule has 2 aromatic carbocycles. The zero-order valence-electron chi connectivity index (χ0n) is 13.0. The van der Waals surface area contributed by atoms with Crippen LogP contribution in [0.5, 0.6) is 5.75 Å². The van der Waals surface area contributed by atoms with Crippen LogP contribution >= 0.6 is 11.6 Å². The van der Waals surface area contributed by atoms with Gasteiger partial charge in [-0.25, -0.2) is 0 Å². The molecule has 0 spiro atoms. The van der Waals surface area contributed by atoms with Gasteiger partial charge < -0.3 is 14.7 Å². The molecule has 23 heavy (non-hydrogen) atoms. The van der Waals surface area contributed by atoms with E-state index in [0.29, 0.717) is 29.4 Å². The number of halogens is 1. The van der Waals surface area contributed by atoms with Gasteiger partial charge in [0.25, 0.3) is 5.91 Å². The van der Waals surface area contributed by atoms with Crippen molar-refractivity contribution in [3.8, 4) is 5.75 Å². The standard InChI is InChI=1S/C18H20ClNO3/c1-2-20(11-12-21)18(22)15-8-4-6-10-17(15)23-13-14-7-3-5-9-16(14)19/h3-10,21H,2,11-13H2,1H3. The van der Waals surface area contributed by atoms with Gasteiger partial charge in [0, 0.05) is 23.7 Å². The molecule has 0 aliphatic rings. The van der Waals surface area contributed by atoms with Crippen LogP contribution in [0, 0.1) is 0 Å². The van der Waals surface area contributed by atoms with Crippen LogP contribution in [0.1, 0.15) is 22.8 Å². The van der Waals surface area contributed by atoms with E-state index in [4.69, 9.17) is 21.4 Å². The number of amides is 1. The van der Waals surface area contributed by atoms with Crippen molar-refractivity contribution in [2.24, 2.45) is 0 Å². The van der Waals surface area contributed by atoms with Gasteiger partial charge in [0.1, 0.15) is 12.4 Å². The Morgan fingerprint density at radius 1 is 1.17 bits per heavy atom. The van der Waals surface area contributed by atoms with E-state index >= 15 is 0 Å². The summed E-state index contributed by atoms with van der Waals surface area (Å²) >= 11 is 6.12. The fourth-order valence-corrected chi connectivity index (χ4v) is 2.42. The summed E-state index contributed by atoms with van der Waals surface area (Å²) in [5, 5.41) is 9.71. The summed E-state index contributed by atoms with van der Waals surface area (Å²) in [7, 11) is 0. The zero-order valence-corrected chi connectivity index (χ0v) is 13.8. The lowest BCUT2D eigenvalue weighted by atomic mass is 10.1. The molecule has 0 fully saturated rings. The van der Waals surface area contributed by atoms with Crippen LogP contribution in [-0.2, 0) is 6.61 Å². The smallest absolute Gasteiger partial charge is 0.257 e. The molecule has 0 aliphatic heterocycles. The summed E-state index contributed by atoms with van der Waals surface area (Å²) in [5.41, 5.74) is 1.34. The number of aliphatic hydroxyl groups excluding tert-OH is 1. The highest BCUT2D eigenvalue weighted by atomic mass is 35.5. The molecule has 0 bridgehead atoms. The highest BCUT2D eigenvalue weighted by Gasteiger charge is 2.18. The molecule has 0 radical (unpaired) electrons. The van der Waals surface area contributed by atoms with Crippen molar-refractivity contribution in [1.29, 1.82) is 0 Å². The van der Waals surface area contributed by atoms with Crippen molar-refractivity contribution in [2.75, 3.05) is 19.7 Å². The fraction of sp³-hybridized carbons (Fsp3) is 0.278. The van der Waals surface area contributed by atoms with Crippen molar-refractivity contribution < 1.29 is 14.6 Å². The predicted molar refractivity (Wildman–Crippen MR) is 90.9 cm³/mol. The summed E-state index contributed by atoms with van der Waals surface area (Å²) in [5.74, 6) is 0.352. The molecular formula is C18H20ClNO3. The van der Waals surface area contributed by atoms with E-state index in [0.717, 1.165) is 5.56 Å². The number of hydrogen-bond donors (Lipinski definition) is 1. The summed E-state index contributed by atoms with van der Waals surface area (Å²) in [6.45, 7) is 2.92. The normalized spacial score (nSPS) is 10.4. The number of hydrogen-bond acceptors (Lipinski definition) is 3. The second-order valence-corrected chi connectivity index (χ2v) is 5.39. The largest absolute Gasteiger partial charge is 0.488 e. The maximum Gasteiger partial charge on any atom is 0.257 e. The van der Waals surface area contributed by atoms with Crippen molar-refractivity contribution >= 4 is 17.5 Å². The number of benzene rings is 2. The number of ether oxygens (including phenoxy) is 1. The Balaban J connectivity index is 2.17. The average Bonchev–Trinajstić information content (AvgIpc) is 2.58. The van der Waals surface area contributed by atoms with Gasteiger partial charge in [-0.1, -0.05) is 41.9 Å². The predicted octanol–water partition coefficient (Wildman–Crippen LogP) is 3.37. The first-order valence-electron chi connectivity index (χ1n) is 7.52. The third-order valence-corrected chi connectivity index (χ3v) is 3.87. The number of carbonyl (C=O) groups is 1. The molecule has 4 nitrogen and oxygen atoms in total. The first-order chi connectivity index (χ1) is 11.2. The van der Waals surface area contributed by atoms with Crippen molar-refractivity contribution in [3.63, 3.8) is 0 Å². The SMILES string of the molecule is CCN(CCO)C(=O)c1ccccc1OCc1ccccc1Cl. The van der Waals surface area contributed by atoms with E-state index in [1.54, 1.807) is 29.2 Å². The van der Waals surface area contributed by atoms with Gasteiger partial charge in [-0.2, -0.15) is 0 Å². The van der Waals surface area contributed by atoms with Crippen molar-refractivity contribution in [1.82, 2.24) is 4.90 Å². The molecule has 122 valence electrons. The summed E-state index contributed by atoms with van der Waals surface area (Å²) < 4.78 is 5.80. The highest BCUT2D eigenvalue weighted by molar-refractivity contribution is 6.31. The molecule has 0 aliphatic carbocycles. The number of aliphatic hydroxyl groups is 1. The second-order valence-electron chi connectivity index (χ2n) is 4.98. The number of likely N-dealkylation sites (N-methyl/N-ethyl adjacent to an activating group) is 1. The number of rotatable bonds is 7. The van der Waals surface area contributed by atoms with Crippen LogP contribution in [-0.4, -0.2) is 35.6 Å². The molecule has 1 N–H and O–H groups in total. The third-order valence-electron chi connectivity index (χ3n) is 3.50. The van der Waals surface area contributed by atoms with Crippen LogP contribution in [0.2, 0.25) is 5.02 Å². The molecule has 5 heteroatoms. The molecule has 2 rings (SSSR count). The monoisotopic (exact) mass is 333 g/mol. The number of para-hydroxylation sites is 1. The van der Waals surface area contributed by atoms with E-state index in [-0.39, 0.29) is 19.1 Å². The number of carbonyl (C=O) groups excluding carboxylic acids is 1. The minimum absolute atomic E-state index is 0.0672. The average molecular weight is 334 g/mol. The number of nitrogens with zero attached hydrogens (tertiary/aromatic N) is 1. The maximum absolute atomic E-state index is 12.6. The summed E-state index contributed by atoms with van der Waals surface area (Å²) in [6.07, 6.45) is 0. The molecular weight excluding hydrogens is 314 g/mol. The molecule has 0 atom stereocenters. The van der Waals surface area contributed by atoms with Gasteiger partial charge in [0.2, 0.25) is 0 Å². The first kappa shape index (κ1) is 17.3. The Bertz CT molecular complexity index is 660. The van der Waals surface area contributed by atoms with E-state index in [1.165, 1.54) is 0 Å². The molecule has 0 saturated carbocycles. The minimum Gasteiger partial charge on any atom is -0.488 e. The lowest BCUT2D eigenvalue weighted by molar-refractivity contribution is 0.0727. The Morgan fingerprint density at radius 2 is 1.87 bits per heavy atom. The molecule has 0 unspecified atom stereocenters. The first-order valence-corrected chi connectivity index (χ1v) is 7.90. The fourth-order valence-electron chi connectivity index (χ4n) is 2.23. The molecule has 0 aromatic heterocycles. The molecule has 0 heterocycles. The Kier molecular flexibility index (Phi) is 6.44. The van der Waals surface area contributed by atoms with Gasteiger partial charge in [0.15, 0.2) is 0 Å². The molecule has 0 saturated heterocycles. The Morgan fingerprint density at radius 3 is 2.57 bits per heavy atom. The van der Waals surface area contributed by atoms with Crippen LogP contribution < -0.4 is 4.74 Å². The maximum atomic E-state index is 12.6. The summed E-state index contributed by atoms with van der Waals surface area (Å²) in [4.78, 5) is 14.2. The lowest BCUT2D eigenvalue weighted by Gasteiger charge is -2.21. The van der Waals surface area contributed by atoms with Gasteiger partial charge in [-0.3, -0.25) is 4.79 Å². The van der Waals surface area contributed by atoms with Gasteiger partial charge in [0.05, 0.1) is 12.2 Å². The topological polar surface area (TPSA) is 49.8 Å². The van der Waals surface area contributed by atoms with Crippen LogP contribution in [0.3, 0.4) is 0 Å². The van der Waals surface area contributed by atoms with Gasteiger partial charge in [-0.15, -0.1) is 0 Å². The molecule has 2 aromatic rings. The lowest BCUT2D eigenvalue weighted by Crippen LogP contribution is -2.33. The minimum atomic E-state index is -0.156. The quantitative estimate of drug-likeness (QED) is 0.845. The Hall–Kier alpha value is -2.04. The van der Waals surface area contributed by atoms with Crippen LogP contribution in [0.4, 0.5) is 0 Å². The zero-order chi connectivity index (χ0) is 16.7. The van der Waals surface area contributed by atoms with Crippen molar-refractivity contribution in [3.05, 3.63) is 64.7 Å². The highest BCUT2D eigenvalue weighted by Crippen LogP contribution is 2.23. The van der Waals surface area contributed by atoms with Gasteiger partial charge in [-0.05, 0) is 25.1 Å². The van der Waals surface area contributed by atoms with Gasteiger partial charge >= 0.3 is 0 Å². The summed E-state index contributed by atoms with van der Waals surface area (Å²) in [6, 6.07) is 14.5. The van der Waals surface area contributed by atoms with E-state index in [9.17, 15) is 4.79 Å². The van der Waals surface area contributed by atoms with Crippen LogP contribution in [0.25, 0.3) is 0 Å². The van der Waals surface area contributed by atoms with Crippen molar-refractivity contribution in [2.45, 2.75) is 13.5 Å². The van der Waals surface area contributed by atoms with E-state index in [1.807, 2.05) is 31.2 Å². The second kappa shape index (κ2) is 8.56. The molecule has 1 amide bonds. The van der Waals surface area contributed by atoms with E-state index in [2.05, 4.69) is 0 Å². The third kappa shape index (κ3) is 4.47. The Labute approximate surface area is 141 Å². The van der Waals surface area contributed by atoms with E-state index < -0.39 is 0 Å².